The Morgan fingerprint density at radius 3 is 3.00 bits per heavy atom. The van der Waals surface area contributed by atoms with Gasteiger partial charge in [-0.3, -0.25) is 9.59 Å². The van der Waals surface area contributed by atoms with Crippen molar-refractivity contribution in [1.29, 1.82) is 0 Å². The maximum Gasteiger partial charge on any atom is 0.278 e. The highest BCUT2D eigenvalue weighted by molar-refractivity contribution is 7.11. The number of nitrogens with one attached hydrogen (secondary N) is 2. The lowest BCUT2D eigenvalue weighted by atomic mass is 10.0. The minimum Gasteiger partial charge on any atom is -0.428 e. The summed E-state index contributed by atoms with van der Waals surface area (Å²) in [5.74, 6) is -1.07. The van der Waals surface area contributed by atoms with Gasteiger partial charge < -0.3 is 15.4 Å². The van der Waals surface area contributed by atoms with Gasteiger partial charge in [0, 0.05) is 23.6 Å². The molecule has 2 aromatic rings. The van der Waals surface area contributed by atoms with Gasteiger partial charge in [-0.25, -0.2) is 9.37 Å². The van der Waals surface area contributed by atoms with E-state index in [0.717, 1.165) is 5.69 Å². The fourth-order valence-electron chi connectivity index (χ4n) is 2.37. The van der Waals surface area contributed by atoms with Crippen molar-refractivity contribution >= 4 is 28.8 Å². The van der Waals surface area contributed by atoms with Crippen LogP contribution in [0.1, 0.15) is 25.0 Å². The Kier molecular flexibility index (Phi) is 4.75. The Morgan fingerprint density at radius 2 is 2.33 bits per heavy atom. The number of aromatic nitrogens is 1. The molecule has 1 aromatic carbocycles. The van der Waals surface area contributed by atoms with E-state index in [1.54, 1.807) is 11.4 Å². The summed E-state index contributed by atoms with van der Waals surface area (Å²) in [6.07, 6.45) is 1.67. The van der Waals surface area contributed by atoms with Crippen molar-refractivity contribution in [2.24, 2.45) is 0 Å². The van der Waals surface area contributed by atoms with Gasteiger partial charge in [0.2, 0.25) is 11.8 Å². The maximum atomic E-state index is 14.1. The van der Waals surface area contributed by atoms with E-state index in [4.69, 9.17) is 4.74 Å². The summed E-state index contributed by atoms with van der Waals surface area (Å²) in [7, 11) is 0. The molecule has 2 amide bonds. The molecule has 0 aliphatic carbocycles. The van der Waals surface area contributed by atoms with Crippen LogP contribution in [-0.2, 0) is 9.59 Å². The third-order valence-corrected chi connectivity index (χ3v) is 4.38. The molecule has 3 rings (SSSR count). The fourth-order valence-corrected chi connectivity index (χ4v) is 3.02. The number of piperidine rings is 1. The molecule has 1 aliphatic rings. The second-order valence-corrected chi connectivity index (χ2v) is 6.32. The molecular formula is C16H16FN3O3S. The Bertz CT molecular complexity index is 778. The van der Waals surface area contributed by atoms with Crippen LogP contribution in [0.4, 0.5) is 10.1 Å². The number of thiazole rings is 1. The van der Waals surface area contributed by atoms with Gasteiger partial charge in [-0.2, -0.15) is 0 Å². The zero-order chi connectivity index (χ0) is 17.1. The Labute approximate surface area is 142 Å². The molecule has 8 heteroatoms. The fraction of sp³-hybridized carbons (Fsp3) is 0.312. The lowest BCUT2D eigenvalue weighted by Gasteiger charge is -2.22. The first-order chi connectivity index (χ1) is 11.5. The summed E-state index contributed by atoms with van der Waals surface area (Å²) in [5.41, 5.74) is 1.11. The first kappa shape index (κ1) is 16.4. The first-order valence-corrected chi connectivity index (χ1v) is 8.39. The van der Waals surface area contributed by atoms with Crippen molar-refractivity contribution in [3.63, 3.8) is 0 Å². The zero-order valence-electron chi connectivity index (χ0n) is 13.0. The van der Waals surface area contributed by atoms with Gasteiger partial charge in [-0.1, -0.05) is 11.3 Å². The average Bonchev–Trinajstić information content (AvgIpc) is 2.95. The summed E-state index contributed by atoms with van der Waals surface area (Å²) in [4.78, 5) is 27.6. The molecule has 0 spiro atoms. The summed E-state index contributed by atoms with van der Waals surface area (Å²) in [5, 5.41) is 7.39. The molecule has 1 aliphatic heterocycles. The molecule has 2 N–H and O–H groups in total. The monoisotopic (exact) mass is 349 g/mol. The van der Waals surface area contributed by atoms with Crippen LogP contribution in [0.2, 0.25) is 0 Å². The number of anilines is 1. The predicted octanol–water partition coefficient (Wildman–Crippen LogP) is 2.99. The van der Waals surface area contributed by atoms with Crippen molar-refractivity contribution in [2.45, 2.75) is 32.2 Å². The van der Waals surface area contributed by atoms with Crippen LogP contribution in [0.3, 0.4) is 0 Å². The molecule has 0 saturated carbocycles. The largest absolute Gasteiger partial charge is 0.428 e. The van der Waals surface area contributed by atoms with E-state index in [1.165, 1.54) is 23.5 Å². The number of benzene rings is 1. The van der Waals surface area contributed by atoms with Gasteiger partial charge in [0.1, 0.15) is 6.04 Å². The highest BCUT2D eigenvalue weighted by Gasteiger charge is 2.24. The van der Waals surface area contributed by atoms with Crippen LogP contribution in [0, 0.1) is 12.7 Å². The zero-order valence-corrected chi connectivity index (χ0v) is 13.8. The second kappa shape index (κ2) is 6.96. The third-order valence-electron chi connectivity index (χ3n) is 3.54. The molecule has 1 atom stereocenters. The molecule has 6 nitrogen and oxygen atoms in total. The van der Waals surface area contributed by atoms with Crippen molar-refractivity contribution in [2.75, 3.05) is 5.32 Å². The maximum absolute atomic E-state index is 14.1. The number of halogens is 1. The molecule has 0 radical (unpaired) electrons. The number of ether oxygens (including phenoxy) is 1. The Morgan fingerprint density at radius 1 is 1.50 bits per heavy atom. The number of rotatable bonds is 4. The number of amides is 2. The Hall–Kier alpha value is -2.48. The van der Waals surface area contributed by atoms with Crippen LogP contribution in [0.25, 0.3) is 0 Å². The van der Waals surface area contributed by atoms with Crippen LogP contribution >= 0.6 is 11.3 Å². The first-order valence-electron chi connectivity index (χ1n) is 7.51. The van der Waals surface area contributed by atoms with Crippen molar-refractivity contribution in [1.82, 2.24) is 10.3 Å². The number of carbonyl (C=O) groups is 2. The van der Waals surface area contributed by atoms with Crippen molar-refractivity contribution < 1.29 is 18.7 Å². The quantitative estimate of drug-likeness (QED) is 0.889. The van der Waals surface area contributed by atoms with Crippen molar-refractivity contribution in [3.8, 4) is 10.9 Å². The van der Waals surface area contributed by atoms with Crippen LogP contribution in [-0.4, -0.2) is 22.8 Å². The van der Waals surface area contributed by atoms with Gasteiger partial charge in [0.05, 0.1) is 5.69 Å². The number of hydrogen-bond donors (Lipinski definition) is 2. The van der Waals surface area contributed by atoms with E-state index in [0.29, 0.717) is 30.1 Å². The highest BCUT2D eigenvalue weighted by Crippen LogP contribution is 2.29. The van der Waals surface area contributed by atoms with E-state index in [1.807, 2.05) is 6.92 Å². The van der Waals surface area contributed by atoms with Crippen LogP contribution < -0.4 is 15.4 Å². The lowest BCUT2D eigenvalue weighted by Crippen LogP contribution is -2.46. The predicted molar refractivity (Wildman–Crippen MR) is 87.7 cm³/mol. The van der Waals surface area contributed by atoms with E-state index >= 15 is 0 Å². The number of aryl methyl sites for hydroxylation is 1. The summed E-state index contributed by atoms with van der Waals surface area (Å²) >= 11 is 1.28. The number of hydrogen-bond acceptors (Lipinski definition) is 5. The standard InChI is InChI=1S/C16H16FN3O3S/c1-9-8-24-16(18-9)23-13-6-5-10(7-11(13)17)19-15(22)12-3-2-4-14(21)20-12/h5-8,12H,2-4H2,1H3,(H,19,22)(H,20,21). The average molecular weight is 349 g/mol. The Balaban J connectivity index is 1.65. The topological polar surface area (TPSA) is 80.3 Å². The summed E-state index contributed by atoms with van der Waals surface area (Å²) in [6, 6.07) is 3.57. The molecule has 1 fully saturated rings. The highest BCUT2D eigenvalue weighted by atomic mass is 32.1. The summed E-state index contributed by atoms with van der Waals surface area (Å²) in [6.45, 7) is 1.82. The van der Waals surface area contributed by atoms with E-state index in [2.05, 4.69) is 15.6 Å². The SMILES string of the molecule is Cc1csc(Oc2ccc(NC(=O)C3CCCC(=O)N3)cc2F)n1. The van der Waals surface area contributed by atoms with Gasteiger partial charge in [0.25, 0.3) is 5.19 Å². The van der Waals surface area contributed by atoms with Crippen LogP contribution in [0.5, 0.6) is 10.9 Å². The molecule has 24 heavy (non-hydrogen) atoms. The van der Waals surface area contributed by atoms with Gasteiger partial charge in [0.15, 0.2) is 11.6 Å². The molecular weight excluding hydrogens is 333 g/mol. The normalized spacial score (nSPS) is 17.2. The number of carbonyl (C=O) groups excluding carboxylic acids is 2. The molecule has 1 unspecified atom stereocenters. The minimum absolute atomic E-state index is 0.0355. The molecule has 2 heterocycles. The lowest BCUT2D eigenvalue weighted by molar-refractivity contribution is -0.128. The van der Waals surface area contributed by atoms with E-state index < -0.39 is 11.9 Å². The summed E-state index contributed by atoms with van der Waals surface area (Å²) < 4.78 is 19.5. The second-order valence-electron chi connectivity index (χ2n) is 5.50. The van der Waals surface area contributed by atoms with Gasteiger partial charge in [-0.05, 0) is 31.9 Å². The molecule has 0 bridgehead atoms. The van der Waals surface area contributed by atoms with Crippen LogP contribution in [0.15, 0.2) is 23.6 Å². The van der Waals surface area contributed by atoms with E-state index in [9.17, 15) is 14.0 Å². The smallest absolute Gasteiger partial charge is 0.278 e. The molecule has 1 saturated heterocycles. The minimum atomic E-state index is -0.603. The van der Waals surface area contributed by atoms with Gasteiger partial charge >= 0.3 is 0 Å². The molecule has 1 aromatic heterocycles. The van der Waals surface area contributed by atoms with Crippen molar-refractivity contribution in [3.05, 3.63) is 35.1 Å². The number of nitrogens with zero attached hydrogens (tertiary/aromatic N) is 1. The van der Waals surface area contributed by atoms with Gasteiger partial charge in [-0.15, -0.1) is 0 Å². The third kappa shape index (κ3) is 3.88. The molecule has 126 valence electrons. The van der Waals surface area contributed by atoms with E-state index in [-0.39, 0.29) is 17.6 Å².